The van der Waals surface area contributed by atoms with Crippen molar-refractivity contribution in [3.63, 3.8) is 0 Å². The third-order valence-corrected chi connectivity index (χ3v) is 4.52. The first-order valence-electron chi connectivity index (χ1n) is 10.1. The van der Waals surface area contributed by atoms with E-state index >= 15 is 0 Å². The molecule has 0 unspecified atom stereocenters. The molecule has 0 aliphatic rings. The third kappa shape index (κ3) is 6.43. The van der Waals surface area contributed by atoms with Gasteiger partial charge in [0.15, 0.2) is 6.10 Å². The number of amides is 2. The second-order valence-corrected chi connectivity index (χ2v) is 7.77. The van der Waals surface area contributed by atoms with Crippen molar-refractivity contribution >= 4 is 23.6 Å². The van der Waals surface area contributed by atoms with Crippen molar-refractivity contribution in [2.75, 3.05) is 5.32 Å². The number of anilines is 1. The van der Waals surface area contributed by atoms with Gasteiger partial charge in [0, 0.05) is 12.1 Å². The fraction of sp³-hybridized carbons (Fsp3) is 0.455. The number of ether oxygens (including phenoxy) is 1. The van der Waals surface area contributed by atoms with Crippen LogP contribution in [-0.2, 0) is 25.5 Å². The second-order valence-electron chi connectivity index (χ2n) is 7.77. The lowest BCUT2D eigenvalue weighted by Crippen LogP contribution is -2.47. The van der Waals surface area contributed by atoms with Gasteiger partial charge in [-0.1, -0.05) is 44.2 Å². The minimum absolute atomic E-state index is 0.0679. The van der Waals surface area contributed by atoms with Crippen LogP contribution in [0.3, 0.4) is 0 Å². The van der Waals surface area contributed by atoms with Crippen LogP contribution >= 0.6 is 0 Å². The van der Waals surface area contributed by atoms with E-state index in [1.807, 2.05) is 44.2 Å². The summed E-state index contributed by atoms with van der Waals surface area (Å²) in [6.45, 7) is 8.99. The summed E-state index contributed by atoms with van der Waals surface area (Å²) in [6.07, 6.45) is 0.718. The monoisotopic (exact) mass is 414 g/mol. The standard InChI is InChI=1S/C22H30N4O4/c1-14(2)20(25-19(27)13-17-9-7-6-8-10-17)22(29)30-16(5)21(28)24-18-11-12-23-26(18)15(3)4/h6-12,14-16,20H,13H2,1-5H3,(H,24,28)(H,25,27)/t16-,20+/m1/s1. The number of esters is 1. The van der Waals surface area contributed by atoms with Crippen molar-refractivity contribution in [3.05, 3.63) is 48.2 Å². The van der Waals surface area contributed by atoms with Gasteiger partial charge in [0.2, 0.25) is 5.91 Å². The molecule has 0 aliphatic carbocycles. The van der Waals surface area contributed by atoms with Crippen LogP contribution in [0.2, 0.25) is 0 Å². The normalized spacial score (nSPS) is 13.0. The van der Waals surface area contributed by atoms with E-state index in [9.17, 15) is 14.4 Å². The second kappa shape index (κ2) is 10.6. The molecule has 1 aromatic heterocycles. The van der Waals surface area contributed by atoms with Gasteiger partial charge in [-0.25, -0.2) is 9.48 Å². The summed E-state index contributed by atoms with van der Waals surface area (Å²) >= 11 is 0. The Hall–Kier alpha value is -3.16. The predicted molar refractivity (Wildman–Crippen MR) is 114 cm³/mol. The Morgan fingerprint density at radius 3 is 2.30 bits per heavy atom. The number of aromatic nitrogens is 2. The van der Waals surface area contributed by atoms with Crippen molar-refractivity contribution in [3.8, 4) is 0 Å². The molecule has 0 fully saturated rings. The van der Waals surface area contributed by atoms with Crippen LogP contribution in [-0.4, -0.2) is 39.7 Å². The largest absolute Gasteiger partial charge is 0.451 e. The van der Waals surface area contributed by atoms with Crippen LogP contribution in [0.4, 0.5) is 5.82 Å². The number of benzene rings is 1. The molecule has 8 nitrogen and oxygen atoms in total. The zero-order chi connectivity index (χ0) is 22.3. The Balaban J connectivity index is 1.95. The number of rotatable bonds is 9. The molecule has 8 heteroatoms. The molecule has 2 rings (SSSR count). The maximum atomic E-state index is 12.6. The van der Waals surface area contributed by atoms with E-state index < -0.39 is 24.0 Å². The Morgan fingerprint density at radius 2 is 1.70 bits per heavy atom. The Labute approximate surface area is 177 Å². The van der Waals surface area contributed by atoms with E-state index in [0.717, 1.165) is 5.56 Å². The van der Waals surface area contributed by atoms with E-state index in [4.69, 9.17) is 4.74 Å². The molecular formula is C22H30N4O4. The molecule has 2 N–H and O–H groups in total. The third-order valence-electron chi connectivity index (χ3n) is 4.52. The smallest absolute Gasteiger partial charge is 0.329 e. The zero-order valence-electron chi connectivity index (χ0n) is 18.1. The molecule has 1 aromatic carbocycles. The van der Waals surface area contributed by atoms with Crippen LogP contribution in [0, 0.1) is 5.92 Å². The maximum absolute atomic E-state index is 12.6. The van der Waals surface area contributed by atoms with E-state index in [1.54, 1.807) is 30.8 Å². The molecule has 2 atom stereocenters. The molecule has 2 aromatic rings. The van der Waals surface area contributed by atoms with Crippen LogP contribution in [0.1, 0.15) is 46.2 Å². The lowest BCUT2D eigenvalue weighted by molar-refractivity contribution is -0.157. The first kappa shape index (κ1) is 23.1. The molecule has 0 saturated carbocycles. The van der Waals surface area contributed by atoms with E-state index in [1.165, 1.54) is 6.92 Å². The number of carbonyl (C=O) groups is 3. The average Bonchev–Trinajstić information content (AvgIpc) is 3.14. The summed E-state index contributed by atoms with van der Waals surface area (Å²) < 4.78 is 7.00. The summed E-state index contributed by atoms with van der Waals surface area (Å²) in [7, 11) is 0. The number of nitrogens with zero attached hydrogens (tertiary/aromatic N) is 2. The summed E-state index contributed by atoms with van der Waals surface area (Å²) in [5.41, 5.74) is 0.848. The van der Waals surface area contributed by atoms with Gasteiger partial charge in [-0.15, -0.1) is 0 Å². The SMILES string of the molecule is CC(C)[C@H](NC(=O)Cc1ccccc1)C(=O)O[C@H](C)C(=O)Nc1ccnn1C(C)C. The number of nitrogens with one attached hydrogen (secondary N) is 2. The molecule has 0 aliphatic heterocycles. The van der Waals surface area contributed by atoms with Crippen LogP contribution < -0.4 is 10.6 Å². The van der Waals surface area contributed by atoms with Gasteiger partial charge in [0.1, 0.15) is 11.9 Å². The molecule has 0 spiro atoms. The van der Waals surface area contributed by atoms with Crippen LogP contribution in [0.15, 0.2) is 42.6 Å². The van der Waals surface area contributed by atoms with Crippen LogP contribution in [0.25, 0.3) is 0 Å². The van der Waals surface area contributed by atoms with E-state index in [0.29, 0.717) is 5.82 Å². The van der Waals surface area contributed by atoms with Crippen molar-refractivity contribution in [1.29, 1.82) is 0 Å². The quantitative estimate of drug-likeness (QED) is 0.614. The Bertz CT molecular complexity index is 861. The lowest BCUT2D eigenvalue weighted by atomic mass is 10.0. The fourth-order valence-electron chi connectivity index (χ4n) is 2.86. The molecular weight excluding hydrogens is 384 g/mol. The molecule has 0 radical (unpaired) electrons. The number of carbonyl (C=O) groups excluding carboxylic acids is 3. The molecule has 0 saturated heterocycles. The fourth-order valence-corrected chi connectivity index (χ4v) is 2.86. The van der Waals surface area contributed by atoms with Crippen molar-refractivity contribution < 1.29 is 19.1 Å². The Morgan fingerprint density at radius 1 is 1.03 bits per heavy atom. The minimum Gasteiger partial charge on any atom is -0.451 e. The highest BCUT2D eigenvalue weighted by Crippen LogP contribution is 2.14. The highest BCUT2D eigenvalue weighted by molar-refractivity contribution is 5.95. The topological polar surface area (TPSA) is 102 Å². The first-order valence-corrected chi connectivity index (χ1v) is 10.1. The molecule has 0 bridgehead atoms. The van der Waals surface area contributed by atoms with Crippen LogP contribution in [0.5, 0.6) is 0 Å². The van der Waals surface area contributed by atoms with Crippen molar-refractivity contribution in [2.45, 2.75) is 59.2 Å². The summed E-state index contributed by atoms with van der Waals surface area (Å²) in [4.78, 5) is 37.4. The molecule has 2 amide bonds. The molecule has 1 heterocycles. The van der Waals surface area contributed by atoms with Gasteiger partial charge in [0.25, 0.3) is 5.91 Å². The first-order chi connectivity index (χ1) is 14.2. The van der Waals surface area contributed by atoms with Crippen molar-refractivity contribution in [1.82, 2.24) is 15.1 Å². The van der Waals surface area contributed by atoms with Gasteiger partial charge in [0.05, 0.1) is 12.6 Å². The number of hydrogen-bond acceptors (Lipinski definition) is 5. The highest BCUT2D eigenvalue weighted by Gasteiger charge is 2.29. The van der Waals surface area contributed by atoms with E-state index in [2.05, 4.69) is 15.7 Å². The summed E-state index contributed by atoms with van der Waals surface area (Å²) in [6, 6.07) is 10.2. The van der Waals surface area contributed by atoms with Gasteiger partial charge in [-0.05, 0) is 32.3 Å². The van der Waals surface area contributed by atoms with Gasteiger partial charge >= 0.3 is 5.97 Å². The zero-order valence-corrected chi connectivity index (χ0v) is 18.1. The maximum Gasteiger partial charge on any atom is 0.329 e. The van der Waals surface area contributed by atoms with E-state index in [-0.39, 0.29) is 24.3 Å². The predicted octanol–water partition coefficient (Wildman–Crippen LogP) is 2.72. The number of hydrogen-bond donors (Lipinski definition) is 2. The van der Waals surface area contributed by atoms with Gasteiger partial charge in [-0.2, -0.15) is 5.10 Å². The van der Waals surface area contributed by atoms with Crippen molar-refractivity contribution in [2.24, 2.45) is 5.92 Å². The molecule has 30 heavy (non-hydrogen) atoms. The van der Waals surface area contributed by atoms with Gasteiger partial charge < -0.3 is 15.4 Å². The summed E-state index contributed by atoms with van der Waals surface area (Å²) in [5.74, 6) is -1.07. The average molecular weight is 415 g/mol. The minimum atomic E-state index is -1.03. The lowest BCUT2D eigenvalue weighted by Gasteiger charge is -2.23. The van der Waals surface area contributed by atoms with Gasteiger partial charge in [-0.3, -0.25) is 9.59 Å². The Kier molecular flexibility index (Phi) is 8.15. The molecule has 162 valence electrons. The highest BCUT2D eigenvalue weighted by atomic mass is 16.5. The summed E-state index contributed by atoms with van der Waals surface area (Å²) in [5, 5.41) is 9.59.